The van der Waals surface area contributed by atoms with Gasteiger partial charge in [0, 0.05) is 56.5 Å². The van der Waals surface area contributed by atoms with Crippen molar-refractivity contribution in [2.75, 3.05) is 46.6 Å². The lowest BCUT2D eigenvalue weighted by Gasteiger charge is -2.26. The average Bonchev–Trinajstić information content (AvgIpc) is 3.16. The van der Waals surface area contributed by atoms with Crippen LogP contribution in [0.15, 0.2) is 36.4 Å². The van der Waals surface area contributed by atoms with Gasteiger partial charge in [0.25, 0.3) is 0 Å². The zero-order valence-electron chi connectivity index (χ0n) is 17.1. The summed E-state index contributed by atoms with van der Waals surface area (Å²) >= 11 is 0. The molecule has 0 radical (unpaired) electrons. The maximum absolute atomic E-state index is 9.67. The topological polar surface area (TPSA) is 54.4 Å². The lowest BCUT2D eigenvalue weighted by molar-refractivity contribution is 0.0357. The summed E-state index contributed by atoms with van der Waals surface area (Å²) in [5.41, 5.74) is 3.69. The van der Waals surface area contributed by atoms with Crippen LogP contribution < -0.4 is 9.47 Å². The maximum atomic E-state index is 9.67. The smallest absolute Gasteiger partial charge is 0.127 e. The lowest BCUT2D eigenvalue weighted by atomic mass is 10.1. The second kappa shape index (κ2) is 9.48. The summed E-state index contributed by atoms with van der Waals surface area (Å²) in [6.07, 6.45) is 1.03. The van der Waals surface area contributed by atoms with Crippen molar-refractivity contribution in [1.29, 1.82) is 0 Å². The summed E-state index contributed by atoms with van der Waals surface area (Å²) in [7, 11) is 1.64. The van der Waals surface area contributed by atoms with Crippen molar-refractivity contribution in [2.24, 2.45) is 0 Å². The Morgan fingerprint density at radius 1 is 1.03 bits per heavy atom. The molecule has 2 aromatic carbocycles. The number of morpholine rings is 1. The Balaban J connectivity index is 1.32. The van der Waals surface area contributed by atoms with Crippen LogP contribution in [0, 0.1) is 0 Å². The highest BCUT2D eigenvalue weighted by Crippen LogP contribution is 2.33. The molecule has 6 nitrogen and oxygen atoms in total. The van der Waals surface area contributed by atoms with Crippen molar-refractivity contribution >= 4 is 0 Å². The predicted octanol–water partition coefficient (Wildman–Crippen LogP) is 3.02. The molecule has 0 saturated carbocycles. The van der Waals surface area contributed by atoms with Gasteiger partial charge in [-0.05, 0) is 24.1 Å². The lowest BCUT2D eigenvalue weighted by Crippen LogP contribution is -2.37. The second-order valence-electron chi connectivity index (χ2n) is 7.69. The molecular formula is C23H30N2O4. The van der Waals surface area contributed by atoms with Crippen molar-refractivity contribution in [2.45, 2.75) is 26.1 Å². The van der Waals surface area contributed by atoms with Crippen molar-refractivity contribution in [1.82, 2.24) is 9.80 Å². The molecule has 1 N–H and O–H groups in total. The number of hydrogen-bond acceptors (Lipinski definition) is 6. The summed E-state index contributed by atoms with van der Waals surface area (Å²) in [6, 6.07) is 11.7. The van der Waals surface area contributed by atoms with Crippen LogP contribution in [0.2, 0.25) is 0 Å². The summed E-state index contributed by atoms with van der Waals surface area (Å²) in [5, 5.41) is 9.67. The molecule has 0 unspecified atom stereocenters. The van der Waals surface area contributed by atoms with E-state index in [0.29, 0.717) is 0 Å². The molecule has 1 saturated heterocycles. The molecule has 2 heterocycles. The molecule has 0 atom stereocenters. The van der Waals surface area contributed by atoms with E-state index in [2.05, 4.69) is 28.0 Å². The van der Waals surface area contributed by atoms with Gasteiger partial charge in [-0.25, -0.2) is 0 Å². The fraction of sp³-hybridized carbons (Fsp3) is 0.478. The highest BCUT2D eigenvalue weighted by Gasteiger charge is 2.23. The number of fused-ring (bicyclic) bond motifs is 1. The predicted molar refractivity (Wildman–Crippen MR) is 111 cm³/mol. The highest BCUT2D eigenvalue weighted by molar-refractivity contribution is 5.44. The van der Waals surface area contributed by atoms with E-state index in [1.807, 2.05) is 6.07 Å². The third kappa shape index (κ3) is 5.01. The van der Waals surface area contributed by atoms with Gasteiger partial charge in [0.15, 0.2) is 0 Å². The van der Waals surface area contributed by atoms with Gasteiger partial charge in [-0.2, -0.15) is 0 Å². The Morgan fingerprint density at radius 2 is 1.90 bits per heavy atom. The number of hydrogen-bond donors (Lipinski definition) is 1. The van der Waals surface area contributed by atoms with E-state index >= 15 is 0 Å². The first-order valence-electron chi connectivity index (χ1n) is 10.3. The van der Waals surface area contributed by atoms with Gasteiger partial charge in [0.2, 0.25) is 0 Å². The third-order valence-electron chi connectivity index (χ3n) is 5.65. The van der Waals surface area contributed by atoms with E-state index < -0.39 is 0 Å². The quantitative estimate of drug-likeness (QED) is 0.690. The zero-order valence-corrected chi connectivity index (χ0v) is 17.1. The molecule has 0 aliphatic carbocycles. The molecule has 0 spiro atoms. The van der Waals surface area contributed by atoms with E-state index in [0.717, 1.165) is 82.6 Å². The van der Waals surface area contributed by atoms with Gasteiger partial charge < -0.3 is 19.3 Å². The molecule has 2 aliphatic heterocycles. The minimum absolute atomic E-state index is 0.225. The number of methoxy groups -OCH3 is 1. The third-order valence-corrected chi connectivity index (χ3v) is 5.65. The zero-order chi connectivity index (χ0) is 20.1. The van der Waals surface area contributed by atoms with E-state index in [9.17, 15) is 5.11 Å². The van der Waals surface area contributed by atoms with Crippen LogP contribution in [-0.2, 0) is 24.4 Å². The molecule has 6 heteroatoms. The molecule has 1 fully saturated rings. The monoisotopic (exact) mass is 398 g/mol. The minimum Gasteiger partial charge on any atom is -0.508 e. The molecule has 2 aromatic rings. The van der Waals surface area contributed by atoms with Gasteiger partial charge in [-0.1, -0.05) is 18.2 Å². The second-order valence-corrected chi connectivity index (χ2v) is 7.69. The van der Waals surface area contributed by atoms with Crippen molar-refractivity contribution in [3.63, 3.8) is 0 Å². The molecule has 0 bridgehead atoms. The van der Waals surface area contributed by atoms with Crippen LogP contribution in [0.25, 0.3) is 0 Å². The Morgan fingerprint density at radius 3 is 2.72 bits per heavy atom. The fourth-order valence-corrected chi connectivity index (χ4v) is 4.11. The summed E-state index contributed by atoms with van der Waals surface area (Å²) in [4.78, 5) is 4.81. The van der Waals surface area contributed by atoms with Crippen LogP contribution in [0.5, 0.6) is 17.2 Å². The Bertz CT molecular complexity index is 821. The molecule has 29 heavy (non-hydrogen) atoms. The standard InChI is InChI=1S/C23H30N2O4/c1-27-23-14-20(26)7-6-19(23)16-25-15-18-4-2-5-22(21(18)17-25)29-11-3-8-24-9-12-28-13-10-24/h2,4-7,14,26H,3,8-13,15-17H2,1H3. The van der Waals surface area contributed by atoms with Crippen LogP contribution in [0.4, 0.5) is 0 Å². The number of nitrogens with zero attached hydrogens (tertiary/aromatic N) is 2. The first-order chi connectivity index (χ1) is 14.2. The minimum atomic E-state index is 0.225. The summed E-state index contributed by atoms with van der Waals surface area (Å²) in [5.74, 6) is 1.95. The molecule has 0 aromatic heterocycles. The Labute approximate surface area is 172 Å². The van der Waals surface area contributed by atoms with Gasteiger partial charge in [-0.15, -0.1) is 0 Å². The van der Waals surface area contributed by atoms with E-state index in [4.69, 9.17) is 14.2 Å². The number of aromatic hydroxyl groups is 1. The summed E-state index contributed by atoms with van der Waals surface area (Å²) in [6.45, 7) is 8.05. The average molecular weight is 399 g/mol. The fourth-order valence-electron chi connectivity index (χ4n) is 4.11. The normalized spacial score (nSPS) is 17.3. The SMILES string of the molecule is COc1cc(O)ccc1CN1Cc2cccc(OCCCN3CCOCC3)c2C1. The molecule has 4 rings (SSSR count). The Hall–Kier alpha value is -2.28. The van der Waals surface area contributed by atoms with Gasteiger partial charge >= 0.3 is 0 Å². The van der Waals surface area contributed by atoms with Crippen LogP contribution in [0.3, 0.4) is 0 Å². The first kappa shape index (κ1) is 20.0. The van der Waals surface area contributed by atoms with Crippen molar-refractivity contribution < 1.29 is 19.3 Å². The van der Waals surface area contributed by atoms with Crippen molar-refractivity contribution in [3.8, 4) is 17.2 Å². The number of phenolic OH excluding ortho intramolecular Hbond substituents is 1. The van der Waals surface area contributed by atoms with Crippen LogP contribution in [-0.4, -0.2) is 61.5 Å². The number of ether oxygens (including phenoxy) is 3. The largest absolute Gasteiger partial charge is 0.508 e. The van der Waals surface area contributed by atoms with E-state index in [-0.39, 0.29) is 5.75 Å². The van der Waals surface area contributed by atoms with Gasteiger partial charge in [-0.3, -0.25) is 9.80 Å². The van der Waals surface area contributed by atoms with Crippen molar-refractivity contribution in [3.05, 3.63) is 53.1 Å². The number of phenols is 1. The molecular weight excluding hydrogens is 368 g/mol. The number of rotatable bonds is 8. The van der Waals surface area contributed by atoms with E-state index in [1.165, 1.54) is 11.1 Å². The molecule has 156 valence electrons. The van der Waals surface area contributed by atoms with Crippen LogP contribution >= 0.6 is 0 Å². The van der Waals surface area contributed by atoms with E-state index in [1.54, 1.807) is 19.2 Å². The van der Waals surface area contributed by atoms with Gasteiger partial charge in [0.1, 0.15) is 17.2 Å². The number of benzene rings is 2. The van der Waals surface area contributed by atoms with Gasteiger partial charge in [0.05, 0.1) is 26.9 Å². The highest BCUT2D eigenvalue weighted by atomic mass is 16.5. The maximum Gasteiger partial charge on any atom is 0.127 e. The van der Waals surface area contributed by atoms with Crippen LogP contribution in [0.1, 0.15) is 23.1 Å². The Kier molecular flexibility index (Phi) is 6.54. The molecule has 0 amide bonds. The first-order valence-corrected chi connectivity index (χ1v) is 10.3. The molecule has 2 aliphatic rings. The summed E-state index contributed by atoms with van der Waals surface area (Å²) < 4.78 is 17.0.